The summed E-state index contributed by atoms with van der Waals surface area (Å²) in [5.41, 5.74) is 21.8. The number of anilines is 2. The van der Waals surface area contributed by atoms with Crippen LogP contribution in [-0.4, -0.2) is 50.8 Å². The first kappa shape index (κ1) is 18.6. The molecule has 4 N–H and O–H groups in total. The van der Waals surface area contributed by atoms with E-state index in [1.807, 2.05) is 0 Å². The third-order valence-corrected chi connectivity index (χ3v) is 6.54. The van der Waals surface area contributed by atoms with Gasteiger partial charge in [-0.2, -0.15) is 0 Å². The summed E-state index contributed by atoms with van der Waals surface area (Å²) >= 11 is 0. The maximum atomic E-state index is 6.48. The summed E-state index contributed by atoms with van der Waals surface area (Å²) in [4.78, 5) is 0. The zero-order chi connectivity index (χ0) is 20.2. The molecule has 4 aliphatic heterocycles. The molecule has 4 fully saturated rings. The zero-order valence-electron chi connectivity index (χ0n) is 17.1. The minimum absolute atomic E-state index is 0.249. The highest BCUT2D eigenvalue weighted by Gasteiger charge is 2.33. The van der Waals surface area contributed by atoms with Gasteiger partial charge in [0.25, 0.3) is 0 Å². The van der Waals surface area contributed by atoms with Crippen LogP contribution in [0.1, 0.15) is 22.3 Å². The Labute approximate surface area is 176 Å². The summed E-state index contributed by atoms with van der Waals surface area (Å²) < 4.78 is 22.2. The molecule has 6 rings (SSSR count). The fraction of sp³-hybridized carbons (Fsp3) is 0.500. The SMILES string of the molecule is Nc1cc(-c2cccc(CC3CO3)c2CC2CO2)c(CC2CO2)c(CC2CO2)c1N. The fourth-order valence-corrected chi connectivity index (χ4v) is 4.52. The molecule has 2 aromatic carbocycles. The van der Waals surface area contributed by atoms with Crippen molar-refractivity contribution in [2.45, 2.75) is 50.1 Å². The third-order valence-electron chi connectivity index (χ3n) is 6.54. The second-order valence-corrected chi connectivity index (χ2v) is 8.97. The summed E-state index contributed by atoms with van der Waals surface area (Å²) in [7, 11) is 0. The Hall–Kier alpha value is -2.12. The van der Waals surface area contributed by atoms with Crippen LogP contribution in [0.5, 0.6) is 0 Å². The van der Waals surface area contributed by atoms with Crippen molar-refractivity contribution in [3.63, 3.8) is 0 Å². The minimum atomic E-state index is 0.249. The van der Waals surface area contributed by atoms with E-state index in [0.29, 0.717) is 23.6 Å². The molecule has 0 radical (unpaired) electrons. The van der Waals surface area contributed by atoms with E-state index in [1.165, 1.54) is 27.8 Å². The summed E-state index contributed by atoms with van der Waals surface area (Å²) in [6, 6.07) is 8.66. The Kier molecular flexibility index (Phi) is 4.49. The Morgan fingerprint density at radius 3 is 1.80 bits per heavy atom. The first-order chi connectivity index (χ1) is 14.7. The summed E-state index contributed by atoms with van der Waals surface area (Å²) in [5.74, 6) is 0. The van der Waals surface area contributed by atoms with Gasteiger partial charge in [-0.05, 0) is 39.4 Å². The van der Waals surface area contributed by atoms with E-state index in [9.17, 15) is 0 Å². The van der Waals surface area contributed by atoms with Crippen LogP contribution in [0.4, 0.5) is 11.4 Å². The van der Waals surface area contributed by atoms with Crippen molar-refractivity contribution < 1.29 is 18.9 Å². The standard InChI is InChI=1S/C24H28N2O4/c25-23-8-21(20(6-16-11-29-16)22(24(23)26)7-17-12-30-17)18-3-1-2-13(4-14-9-27-14)19(18)5-15-10-28-15/h1-3,8,14-17H,4-7,9-12,25-26H2. The van der Waals surface area contributed by atoms with E-state index in [1.54, 1.807) is 0 Å². The highest BCUT2D eigenvalue weighted by atomic mass is 16.6. The molecule has 30 heavy (non-hydrogen) atoms. The molecule has 4 unspecified atom stereocenters. The topological polar surface area (TPSA) is 102 Å². The van der Waals surface area contributed by atoms with Crippen LogP contribution in [0.15, 0.2) is 24.3 Å². The number of ether oxygens (including phenoxy) is 4. The first-order valence-corrected chi connectivity index (χ1v) is 10.9. The normalized spacial score (nSPS) is 28.4. The van der Waals surface area contributed by atoms with Crippen LogP contribution in [0.3, 0.4) is 0 Å². The largest absolute Gasteiger partial charge is 0.397 e. The van der Waals surface area contributed by atoms with Gasteiger partial charge in [0.15, 0.2) is 0 Å². The van der Waals surface area contributed by atoms with Crippen LogP contribution < -0.4 is 11.5 Å². The van der Waals surface area contributed by atoms with Gasteiger partial charge in [0.05, 0.1) is 62.2 Å². The van der Waals surface area contributed by atoms with E-state index in [2.05, 4.69) is 24.3 Å². The van der Waals surface area contributed by atoms with Crippen molar-refractivity contribution in [1.29, 1.82) is 0 Å². The van der Waals surface area contributed by atoms with Crippen molar-refractivity contribution in [2.75, 3.05) is 37.9 Å². The number of epoxide rings is 4. The monoisotopic (exact) mass is 408 g/mol. The number of hydrogen-bond donors (Lipinski definition) is 2. The Bertz CT molecular complexity index is 976. The van der Waals surface area contributed by atoms with Crippen LogP contribution >= 0.6 is 0 Å². The molecule has 4 saturated heterocycles. The Balaban J connectivity index is 1.49. The molecule has 2 aromatic rings. The molecule has 0 saturated carbocycles. The van der Waals surface area contributed by atoms with Gasteiger partial charge in [-0.15, -0.1) is 0 Å². The summed E-state index contributed by atoms with van der Waals surface area (Å²) in [6.45, 7) is 3.30. The van der Waals surface area contributed by atoms with Crippen LogP contribution in [0, 0.1) is 0 Å². The maximum Gasteiger partial charge on any atom is 0.0851 e. The smallest absolute Gasteiger partial charge is 0.0851 e. The molecule has 158 valence electrons. The van der Waals surface area contributed by atoms with Gasteiger partial charge >= 0.3 is 0 Å². The lowest BCUT2D eigenvalue weighted by Crippen LogP contribution is -2.12. The average molecular weight is 408 g/mol. The molecule has 4 atom stereocenters. The summed E-state index contributed by atoms with van der Waals surface area (Å²) in [5, 5.41) is 0. The average Bonchev–Trinajstić information content (AvgIpc) is 3.55. The molecular weight excluding hydrogens is 380 g/mol. The molecule has 0 spiro atoms. The van der Waals surface area contributed by atoms with Crippen molar-refractivity contribution in [1.82, 2.24) is 0 Å². The Morgan fingerprint density at radius 2 is 1.20 bits per heavy atom. The Morgan fingerprint density at radius 1 is 0.667 bits per heavy atom. The van der Waals surface area contributed by atoms with Gasteiger partial charge in [-0.3, -0.25) is 0 Å². The molecule has 0 amide bonds. The fourth-order valence-electron chi connectivity index (χ4n) is 4.52. The maximum absolute atomic E-state index is 6.48. The van der Waals surface area contributed by atoms with E-state index in [-0.39, 0.29) is 12.2 Å². The third kappa shape index (κ3) is 3.93. The second-order valence-electron chi connectivity index (χ2n) is 8.97. The van der Waals surface area contributed by atoms with Gasteiger partial charge in [-0.25, -0.2) is 0 Å². The highest BCUT2D eigenvalue weighted by Crippen LogP contribution is 2.41. The van der Waals surface area contributed by atoms with E-state index < -0.39 is 0 Å². The van der Waals surface area contributed by atoms with E-state index >= 15 is 0 Å². The zero-order valence-corrected chi connectivity index (χ0v) is 17.1. The van der Waals surface area contributed by atoms with Crippen molar-refractivity contribution >= 4 is 11.4 Å². The molecule has 0 aliphatic carbocycles. The highest BCUT2D eigenvalue weighted by molar-refractivity contribution is 5.83. The van der Waals surface area contributed by atoms with Crippen molar-refractivity contribution in [2.24, 2.45) is 0 Å². The predicted molar refractivity (Wildman–Crippen MR) is 114 cm³/mol. The lowest BCUT2D eigenvalue weighted by Gasteiger charge is -2.22. The molecule has 0 aromatic heterocycles. The van der Waals surface area contributed by atoms with Gasteiger partial charge in [0, 0.05) is 25.7 Å². The van der Waals surface area contributed by atoms with Crippen LogP contribution in [0.25, 0.3) is 11.1 Å². The van der Waals surface area contributed by atoms with E-state index in [0.717, 1.165) is 57.7 Å². The number of rotatable bonds is 9. The van der Waals surface area contributed by atoms with Gasteiger partial charge in [0.2, 0.25) is 0 Å². The van der Waals surface area contributed by atoms with Crippen molar-refractivity contribution in [3.05, 3.63) is 46.5 Å². The van der Waals surface area contributed by atoms with Crippen molar-refractivity contribution in [3.8, 4) is 11.1 Å². The molecule has 6 nitrogen and oxygen atoms in total. The number of hydrogen-bond acceptors (Lipinski definition) is 6. The molecule has 0 bridgehead atoms. The molecular formula is C24H28N2O4. The van der Waals surface area contributed by atoms with Crippen LogP contribution in [0.2, 0.25) is 0 Å². The molecule has 6 heteroatoms. The first-order valence-electron chi connectivity index (χ1n) is 10.9. The number of benzene rings is 2. The quantitative estimate of drug-likeness (QED) is 0.488. The summed E-state index contributed by atoms with van der Waals surface area (Å²) in [6.07, 6.45) is 4.71. The predicted octanol–water partition coefficient (Wildman–Crippen LogP) is 2.28. The number of nitrogens with two attached hydrogens (primary N) is 2. The molecule has 4 heterocycles. The minimum Gasteiger partial charge on any atom is -0.397 e. The second kappa shape index (κ2) is 7.24. The van der Waals surface area contributed by atoms with Gasteiger partial charge in [-0.1, -0.05) is 18.2 Å². The van der Waals surface area contributed by atoms with Crippen LogP contribution in [-0.2, 0) is 44.6 Å². The number of nitrogen functional groups attached to an aromatic ring is 2. The van der Waals surface area contributed by atoms with Gasteiger partial charge < -0.3 is 30.4 Å². The van der Waals surface area contributed by atoms with Gasteiger partial charge in [0.1, 0.15) is 0 Å². The van der Waals surface area contributed by atoms with E-state index in [4.69, 9.17) is 30.4 Å². The lowest BCUT2D eigenvalue weighted by atomic mass is 9.84. The lowest BCUT2D eigenvalue weighted by molar-refractivity contribution is 0.401. The molecule has 4 aliphatic rings.